The summed E-state index contributed by atoms with van der Waals surface area (Å²) in [5, 5.41) is 22.0. The number of aromatic nitrogens is 1. The lowest BCUT2D eigenvalue weighted by atomic mass is 10.0. The van der Waals surface area contributed by atoms with Gasteiger partial charge in [-0.15, -0.1) is 11.3 Å². The molecule has 0 fully saturated rings. The summed E-state index contributed by atoms with van der Waals surface area (Å²) >= 11 is 1.23. The first-order valence-corrected chi connectivity index (χ1v) is 9.96. The largest absolute Gasteiger partial charge is 0.494 e. The minimum absolute atomic E-state index is 0.0269. The van der Waals surface area contributed by atoms with Crippen LogP contribution < -0.4 is 15.0 Å². The van der Waals surface area contributed by atoms with Gasteiger partial charge in [-0.05, 0) is 48.1 Å². The van der Waals surface area contributed by atoms with E-state index in [1.807, 2.05) is 12.1 Å². The Morgan fingerprint density at radius 1 is 1.23 bits per heavy atom. The van der Waals surface area contributed by atoms with Crippen molar-refractivity contribution in [2.24, 2.45) is 0 Å². The molecule has 3 rings (SSSR count). The van der Waals surface area contributed by atoms with Gasteiger partial charge < -0.3 is 14.6 Å². The number of hydrogen-bond donors (Lipinski definition) is 1. The van der Waals surface area contributed by atoms with E-state index >= 15 is 0 Å². The van der Waals surface area contributed by atoms with Crippen LogP contribution >= 0.6 is 11.3 Å². The second kappa shape index (κ2) is 8.84. The van der Waals surface area contributed by atoms with Crippen molar-refractivity contribution in [3.05, 3.63) is 73.2 Å². The van der Waals surface area contributed by atoms with Crippen LogP contribution in [-0.2, 0) is 13.0 Å². The van der Waals surface area contributed by atoms with Gasteiger partial charge in [0.15, 0.2) is 11.5 Å². The molecule has 0 atom stereocenters. The molecule has 0 amide bonds. The summed E-state index contributed by atoms with van der Waals surface area (Å²) in [4.78, 5) is 26.1. The first-order chi connectivity index (χ1) is 14.4. The van der Waals surface area contributed by atoms with Gasteiger partial charge in [-0.25, -0.2) is 0 Å². The Hall–Kier alpha value is -3.57. The minimum atomic E-state index is -0.629. The number of pyridine rings is 1. The lowest BCUT2D eigenvalue weighted by Gasteiger charge is -2.15. The van der Waals surface area contributed by atoms with Gasteiger partial charge in [0.05, 0.1) is 24.7 Å². The van der Waals surface area contributed by atoms with Crippen LogP contribution in [0.15, 0.2) is 40.5 Å². The maximum Gasteiger partial charge on any atom is 0.271 e. The lowest BCUT2D eigenvalue weighted by Crippen LogP contribution is -2.27. The van der Waals surface area contributed by atoms with E-state index in [1.54, 1.807) is 29.6 Å². The summed E-state index contributed by atoms with van der Waals surface area (Å²) in [5.74, 6) is 0.265. The number of carbonyl (C=O) groups excluding carboxylic acids is 1. The van der Waals surface area contributed by atoms with E-state index in [-0.39, 0.29) is 23.2 Å². The molecule has 7 nitrogen and oxygen atoms in total. The molecule has 3 aromatic rings. The van der Waals surface area contributed by atoms with Gasteiger partial charge in [0.25, 0.3) is 5.56 Å². The number of thiophene rings is 1. The highest BCUT2D eigenvalue weighted by Gasteiger charge is 2.25. The molecule has 0 saturated heterocycles. The third kappa shape index (κ3) is 3.80. The van der Waals surface area contributed by atoms with Gasteiger partial charge in [-0.3, -0.25) is 14.2 Å². The average Bonchev–Trinajstić information content (AvgIpc) is 3.28. The van der Waals surface area contributed by atoms with Crippen molar-refractivity contribution in [1.82, 2.24) is 4.57 Å². The Morgan fingerprint density at radius 3 is 2.57 bits per heavy atom. The molecule has 0 radical (unpaired) electrons. The number of rotatable bonds is 7. The molecule has 1 aromatic carbocycles. The van der Waals surface area contributed by atoms with Gasteiger partial charge in [0, 0.05) is 6.54 Å². The lowest BCUT2D eigenvalue weighted by molar-refractivity contribution is 0.103. The van der Waals surface area contributed by atoms with Gasteiger partial charge in [0.2, 0.25) is 11.7 Å². The minimum Gasteiger partial charge on any atom is -0.494 e. The highest BCUT2D eigenvalue weighted by molar-refractivity contribution is 7.12. The zero-order chi connectivity index (χ0) is 21.8. The second-order valence-corrected chi connectivity index (χ2v) is 7.46. The van der Waals surface area contributed by atoms with E-state index < -0.39 is 17.2 Å². The molecule has 2 heterocycles. The quantitative estimate of drug-likeness (QED) is 0.584. The molecule has 0 aliphatic carbocycles. The van der Waals surface area contributed by atoms with E-state index in [0.29, 0.717) is 22.8 Å². The summed E-state index contributed by atoms with van der Waals surface area (Å²) in [5.41, 5.74) is 0.210. The maximum absolute atomic E-state index is 12.9. The zero-order valence-corrected chi connectivity index (χ0v) is 17.6. The van der Waals surface area contributed by atoms with Gasteiger partial charge >= 0.3 is 0 Å². The highest BCUT2D eigenvalue weighted by atomic mass is 32.1. The SMILES string of the molecule is COc1ccc(CCn2c(O)c(C(=O)c3cccs3)c(C)c(C#N)c2=O)cc1OC. The molecular formula is C22H20N2O5S. The number of benzene rings is 1. The summed E-state index contributed by atoms with van der Waals surface area (Å²) in [6.07, 6.45) is 0.369. The Morgan fingerprint density at radius 2 is 1.97 bits per heavy atom. The number of methoxy groups -OCH3 is 2. The van der Waals surface area contributed by atoms with Crippen molar-refractivity contribution in [2.45, 2.75) is 19.9 Å². The van der Waals surface area contributed by atoms with E-state index in [1.165, 1.54) is 32.5 Å². The Balaban J connectivity index is 2.03. The molecule has 0 spiro atoms. The van der Waals surface area contributed by atoms with Crippen LogP contribution in [-0.4, -0.2) is 29.7 Å². The summed E-state index contributed by atoms with van der Waals surface area (Å²) in [6, 6.07) is 10.6. The fraction of sp³-hybridized carbons (Fsp3) is 0.227. The van der Waals surface area contributed by atoms with E-state index in [0.717, 1.165) is 10.1 Å². The van der Waals surface area contributed by atoms with Crippen LogP contribution in [0.25, 0.3) is 0 Å². The maximum atomic E-state index is 12.9. The summed E-state index contributed by atoms with van der Waals surface area (Å²) in [6.45, 7) is 1.58. The molecule has 0 aliphatic heterocycles. The summed E-state index contributed by atoms with van der Waals surface area (Å²) in [7, 11) is 3.07. The first-order valence-electron chi connectivity index (χ1n) is 9.08. The van der Waals surface area contributed by atoms with Gasteiger partial charge in [-0.2, -0.15) is 5.26 Å². The number of hydrogen-bond acceptors (Lipinski definition) is 7. The fourth-order valence-electron chi connectivity index (χ4n) is 3.24. The second-order valence-electron chi connectivity index (χ2n) is 6.51. The van der Waals surface area contributed by atoms with Crippen LogP contribution in [0.3, 0.4) is 0 Å². The number of nitriles is 1. The Labute approximate surface area is 177 Å². The molecule has 8 heteroatoms. The molecule has 1 N–H and O–H groups in total. The average molecular weight is 424 g/mol. The van der Waals surface area contributed by atoms with E-state index in [9.17, 15) is 20.0 Å². The number of carbonyl (C=O) groups is 1. The standard InChI is InChI=1S/C22H20N2O5S/c1-13-15(12-23)21(26)24(22(27)19(13)20(25)18-5-4-10-30-18)9-8-14-6-7-16(28-2)17(11-14)29-3/h4-7,10-11,27H,8-9H2,1-3H3. The zero-order valence-electron chi connectivity index (χ0n) is 16.8. The van der Waals surface area contributed by atoms with Crippen molar-refractivity contribution in [2.75, 3.05) is 14.2 Å². The molecule has 2 aromatic heterocycles. The van der Waals surface area contributed by atoms with E-state index in [2.05, 4.69) is 0 Å². The molecular weight excluding hydrogens is 404 g/mol. The normalized spacial score (nSPS) is 10.5. The van der Waals surface area contributed by atoms with Crippen LogP contribution in [0.1, 0.15) is 31.9 Å². The molecule has 0 saturated carbocycles. The van der Waals surface area contributed by atoms with E-state index in [4.69, 9.17) is 9.47 Å². The molecule has 0 bridgehead atoms. The molecule has 0 aliphatic rings. The third-order valence-electron chi connectivity index (χ3n) is 4.84. The van der Waals surface area contributed by atoms with Crippen LogP contribution in [0.5, 0.6) is 17.4 Å². The number of ketones is 1. The van der Waals surface area contributed by atoms with Gasteiger partial charge in [-0.1, -0.05) is 12.1 Å². The molecule has 154 valence electrons. The Bertz CT molecular complexity index is 1190. The predicted octanol–water partition coefficient (Wildman–Crippen LogP) is 3.29. The number of nitrogens with zero attached hydrogens (tertiary/aromatic N) is 2. The first kappa shape index (κ1) is 21.1. The topological polar surface area (TPSA) is 102 Å². The monoisotopic (exact) mass is 424 g/mol. The van der Waals surface area contributed by atoms with Crippen molar-refractivity contribution < 1.29 is 19.4 Å². The Kier molecular flexibility index (Phi) is 6.23. The number of aryl methyl sites for hydroxylation is 1. The van der Waals surface area contributed by atoms with Crippen molar-refractivity contribution in [3.63, 3.8) is 0 Å². The number of ether oxygens (including phenoxy) is 2. The number of aromatic hydroxyl groups is 1. The van der Waals surface area contributed by atoms with Crippen LogP contribution in [0.4, 0.5) is 0 Å². The van der Waals surface area contributed by atoms with Crippen LogP contribution in [0.2, 0.25) is 0 Å². The molecule has 30 heavy (non-hydrogen) atoms. The van der Waals surface area contributed by atoms with Crippen molar-refractivity contribution in [1.29, 1.82) is 5.26 Å². The summed E-state index contributed by atoms with van der Waals surface area (Å²) < 4.78 is 11.6. The predicted molar refractivity (Wildman–Crippen MR) is 113 cm³/mol. The smallest absolute Gasteiger partial charge is 0.271 e. The molecule has 0 unspecified atom stereocenters. The van der Waals surface area contributed by atoms with Crippen molar-refractivity contribution in [3.8, 4) is 23.4 Å². The third-order valence-corrected chi connectivity index (χ3v) is 5.71. The fourth-order valence-corrected chi connectivity index (χ4v) is 3.91. The van der Waals surface area contributed by atoms with Gasteiger partial charge in [0.1, 0.15) is 11.6 Å². The van der Waals surface area contributed by atoms with Crippen LogP contribution in [0, 0.1) is 18.3 Å². The highest BCUT2D eigenvalue weighted by Crippen LogP contribution is 2.29. The van der Waals surface area contributed by atoms with Crippen molar-refractivity contribution >= 4 is 17.1 Å².